The fourth-order valence-electron chi connectivity index (χ4n) is 4.52. The van der Waals surface area contributed by atoms with Crippen LogP contribution in [0, 0.1) is 6.92 Å². The number of aliphatic hydroxyl groups excluding tert-OH is 1. The van der Waals surface area contributed by atoms with Gasteiger partial charge >= 0.3 is 5.91 Å². The van der Waals surface area contributed by atoms with E-state index in [9.17, 15) is 14.7 Å². The highest BCUT2D eigenvalue weighted by Gasteiger charge is 2.48. The number of carbonyl (C=O) groups is 2. The van der Waals surface area contributed by atoms with Crippen LogP contribution in [0.1, 0.15) is 28.3 Å². The Labute approximate surface area is 246 Å². The molecule has 1 aromatic heterocycles. The molecule has 2 aliphatic rings. The van der Waals surface area contributed by atoms with Crippen molar-refractivity contribution >= 4 is 61.6 Å². The fraction of sp³-hybridized carbons (Fsp3) is 0.172. The molecule has 3 aromatic carbocycles. The molecular formula is C29H22BrN3O5S2. The lowest BCUT2D eigenvalue weighted by molar-refractivity contribution is -0.132. The van der Waals surface area contributed by atoms with E-state index >= 15 is 0 Å². The number of hydrogen-bond donors (Lipinski definition) is 1. The van der Waals surface area contributed by atoms with Gasteiger partial charge in [0, 0.05) is 15.8 Å². The Morgan fingerprint density at radius 2 is 1.75 bits per heavy atom. The van der Waals surface area contributed by atoms with Crippen LogP contribution in [0.3, 0.4) is 0 Å². The van der Waals surface area contributed by atoms with Gasteiger partial charge in [-0.3, -0.25) is 14.5 Å². The number of benzene rings is 3. The van der Waals surface area contributed by atoms with Crippen molar-refractivity contribution in [3.8, 4) is 11.5 Å². The van der Waals surface area contributed by atoms with Gasteiger partial charge in [-0.1, -0.05) is 81.0 Å². The Morgan fingerprint density at radius 1 is 1.02 bits per heavy atom. The third kappa shape index (κ3) is 5.12. The number of thioether (sulfide) groups is 1. The summed E-state index contributed by atoms with van der Waals surface area (Å²) in [5.74, 6) is -0.179. The normalized spacial score (nSPS) is 17.9. The van der Waals surface area contributed by atoms with Crippen LogP contribution in [0.4, 0.5) is 5.13 Å². The van der Waals surface area contributed by atoms with Crippen molar-refractivity contribution in [2.75, 3.05) is 18.1 Å². The summed E-state index contributed by atoms with van der Waals surface area (Å²) in [7, 11) is 0. The number of ether oxygens (including phenoxy) is 2. The number of rotatable bonds is 6. The minimum absolute atomic E-state index is 0.0342. The number of aliphatic hydroxyl groups is 1. The second-order valence-electron chi connectivity index (χ2n) is 9.20. The van der Waals surface area contributed by atoms with Gasteiger partial charge < -0.3 is 14.6 Å². The van der Waals surface area contributed by atoms with E-state index in [1.54, 1.807) is 30.3 Å². The van der Waals surface area contributed by atoms with E-state index in [-0.39, 0.29) is 16.5 Å². The molecule has 1 amide bonds. The van der Waals surface area contributed by atoms with Crippen LogP contribution in [-0.2, 0) is 15.3 Å². The third-order valence-corrected chi connectivity index (χ3v) is 9.19. The van der Waals surface area contributed by atoms with E-state index in [0.29, 0.717) is 45.9 Å². The van der Waals surface area contributed by atoms with Gasteiger partial charge in [0.1, 0.15) is 19.0 Å². The summed E-state index contributed by atoms with van der Waals surface area (Å²) in [5, 5.41) is 20.3. The van der Waals surface area contributed by atoms with Gasteiger partial charge in [0.2, 0.25) is 5.13 Å². The second-order valence-corrected chi connectivity index (χ2v) is 12.3. The summed E-state index contributed by atoms with van der Waals surface area (Å²) < 4.78 is 12.7. The number of halogens is 1. The van der Waals surface area contributed by atoms with Crippen molar-refractivity contribution in [3.63, 3.8) is 0 Å². The maximum atomic E-state index is 13.5. The lowest BCUT2D eigenvalue weighted by Gasteiger charge is -2.23. The summed E-state index contributed by atoms with van der Waals surface area (Å²) in [6, 6.07) is 19.5. The molecule has 1 saturated heterocycles. The smallest absolute Gasteiger partial charge is 0.301 e. The first kappa shape index (κ1) is 26.5. The first-order valence-corrected chi connectivity index (χ1v) is 15.0. The summed E-state index contributed by atoms with van der Waals surface area (Å²) in [5.41, 5.74) is 3.28. The molecule has 0 spiro atoms. The molecule has 0 aliphatic carbocycles. The third-order valence-electron chi connectivity index (χ3n) is 6.53. The quantitative estimate of drug-likeness (QED) is 0.0866. The number of aryl methyl sites for hydroxylation is 1. The van der Waals surface area contributed by atoms with Gasteiger partial charge in [0.15, 0.2) is 15.8 Å². The van der Waals surface area contributed by atoms with Crippen LogP contribution < -0.4 is 14.4 Å². The molecule has 1 N–H and O–H groups in total. The molecule has 0 saturated carbocycles. The molecule has 1 unspecified atom stereocenters. The summed E-state index contributed by atoms with van der Waals surface area (Å²) >= 11 is 6.18. The van der Waals surface area contributed by atoms with Crippen molar-refractivity contribution in [3.05, 3.63) is 99.0 Å². The van der Waals surface area contributed by atoms with Gasteiger partial charge in [0.25, 0.3) is 5.78 Å². The molecule has 8 nitrogen and oxygen atoms in total. The first-order chi connectivity index (χ1) is 19.4. The Morgan fingerprint density at radius 3 is 2.50 bits per heavy atom. The number of amides is 1. The lowest BCUT2D eigenvalue weighted by atomic mass is 9.95. The molecule has 2 aliphatic heterocycles. The molecule has 11 heteroatoms. The van der Waals surface area contributed by atoms with E-state index in [1.165, 1.54) is 33.6 Å². The van der Waals surface area contributed by atoms with E-state index in [4.69, 9.17) is 9.47 Å². The minimum Gasteiger partial charge on any atom is -0.507 e. The Balaban J connectivity index is 1.38. The zero-order chi connectivity index (χ0) is 27.8. The van der Waals surface area contributed by atoms with E-state index in [0.717, 1.165) is 10.0 Å². The molecule has 6 rings (SSSR count). The summed E-state index contributed by atoms with van der Waals surface area (Å²) in [6.45, 7) is 2.85. The molecule has 3 heterocycles. The van der Waals surface area contributed by atoms with E-state index in [2.05, 4.69) is 50.4 Å². The Hall–Kier alpha value is -3.67. The second kappa shape index (κ2) is 11.1. The molecule has 1 atom stereocenters. The summed E-state index contributed by atoms with van der Waals surface area (Å²) in [4.78, 5) is 28.3. The number of ketones is 1. The molecule has 4 aromatic rings. The first-order valence-electron chi connectivity index (χ1n) is 12.4. The van der Waals surface area contributed by atoms with E-state index in [1.807, 2.05) is 19.1 Å². The van der Waals surface area contributed by atoms with Gasteiger partial charge in [0.05, 0.1) is 11.6 Å². The molecule has 40 heavy (non-hydrogen) atoms. The van der Waals surface area contributed by atoms with Crippen LogP contribution in [0.25, 0.3) is 5.76 Å². The molecule has 0 radical (unpaired) electrons. The highest BCUT2D eigenvalue weighted by molar-refractivity contribution is 9.10. The van der Waals surface area contributed by atoms with Gasteiger partial charge in [-0.25, -0.2) is 0 Å². The van der Waals surface area contributed by atoms with E-state index < -0.39 is 17.7 Å². The van der Waals surface area contributed by atoms with Crippen LogP contribution >= 0.6 is 39.0 Å². The number of carbonyl (C=O) groups excluding carboxylic acids is 2. The van der Waals surface area contributed by atoms with Crippen LogP contribution in [0.5, 0.6) is 11.5 Å². The van der Waals surface area contributed by atoms with Gasteiger partial charge in [-0.15, -0.1) is 10.2 Å². The predicted molar refractivity (Wildman–Crippen MR) is 157 cm³/mol. The topological polar surface area (TPSA) is 102 Å². The van der Waals surface area contributed by atoms with Crippen LogP contribution in [0.2, 0.25) is 0 Å². The Bertz CT molecular complexity index is 1640. The molecule has 1 fully saturated rings. The number of anilines is 1. The fourth-order valence-corrected chi connectivity index (χ4v) is 6.61. The van der Waals surface area contributed by atoms with Crippen molar-refractivity contribution in [2.24, 2.45) is 0 Å². The number of hydrogen-bond acceptors (Lipinski definition) is 9. The number of fused-ring (bicyclic) bond motifs is 1. The SMILES string of the molecule is Cc1ccc(CSc2nnc(N3C(=O)C(=O)/C(=C(/O)c4ccc5c(c4)OCCO5)C3c3ccc(Br)cc3)s2)cc1. The number of aromatic nitrogens is 2. The van der Waals surface area contributed by atoms with Crippen molar-refractivity contribution < 1.29 is 24.2 Å². The van der Waals surface area contributed by atoms with Crippen molar-refractivity contribution in [1.82, 2.24) is 10.2 Å². The van der Waals surface area contributed by atoms with Crippen molar-refractivity contribution in [2.45, 2.75) is 23.1 Å². The zero-order valence-corrected chi connectivity index (χ0v) is 24.4. The highest BCUT2D eigenvalue weighted by Crippen LogP contribution is 2.45. The Kier molecular flexibility index (Phi) is 7.35. The monoisotopic (exact) mass is 635 g/mol. The zero-order valence-electron chi connectivity index (χ0n) is 21.2. The van der Waals surface area contributed by atoms with Gasteiger partial charge in [-0.05, 0) is 48.4 Å². The minimum atomic E-state index is -0.899. The molecule has 0 bridgehead atoms. The molecule has 202 valence electrons. The average molecular weight is 637 g/mol. The van der Waals surface area contributed by atoms with Crippen LogP contribution in [0.15, 0.2) is 81.1 Å². The average Bonchev–Trinajstić information content (AvgIpc) is 3.54. The maximum Gasteiger partial charge on any atom is 0.301 e. The number of Topliss-reactive ketones (excluding diaryl/α,β-unsaturated/α-hetero) is 1. The standard InChI is InChI=1S/C29H22BrN3O5S2/c1-16-2-4-17(5-3-16)15-39-29-32-31-28(40-29)33-24(18-6-9-20(30)10-7-18)23(26(35)27(33)36)25(34)19-8-11-21-22(14-19)38-13-12-37-21/h2-11,14,24,34H,12-13,15H2,1H3/b25-23+. The predicted octanol–water partition coefficient (Wildman–Crippen LogP) is 6.30. The number of nitrogens with zero attached hydrogens (tertiary/aromatic N) is 3. The van der Waals surface area contributed by atoms with Gasteiger partial charge in [-0.2, -0.15) is 0 Å². The molecular weight excluding hydrogens is 614 g/mol. The summed E-state index contributed by atoms with van der Waals surface area (Å²) in [6.07, 6.45) is 0. The largest absolute Gasteiger partial charge is 0.507 e. The highest BCUT2D eigenvalue weighted by atomic mass is 79.9. The van der Waals surface area contributed by atoms with Crippen molar-refractivity contribution in [1.29, 1.82) is 0 Å². The maximum absolute atomic E-state index is 13.5. The lowest BCUT2D eigenvalue weighted by Crippen LogP contribution is -2.29. The van der Waals surface area contributed by atoms with Crippen LogP contribution in [-0.4, -0.2) is 40.2 Å².